The van der Waals surface area contributed by atoms with Crippen molar-refractivity contribution in [2.24, 2.45) is 5.41 Å². The first-order chi connectivity index (χ1) is 71.7. The summed E-state index contributed by atoms with van der Waals surface area (Å²) < 4.78 is 0. The molecule has 2 amide bonds. The molecule has 4 aromatic carbocycles. The molecule has 730 valence electrons. The van der Waals surface area contributed by atoms with E-state index in [0.717, 1.165) is 218 Å². The smallest absolute Gasteiger partial charge is 0.224 e. The number of pyridine rings is 8. The summed E-state index contributed by atoms with van der Waals surface area (Å²) in [7, 11) is 0. The second kappa shape index (κ2) is 40.6. The Kier molecular flexibility index (Phi) is 26.0. The molecule has 0 atom stereocenters. The van der Waals surface area contributed by atoms with Gasteiger partial charge in [-0.15, -0.1) is 45.3 Å². The zero-order valence-corrected chi connectivity index (χ0v) is 85.3. The van der Waals surface area contributed by atoms with E-state index in [1.54, 1.807) is 82.5 Å². The van der Waals surface area contributed by atoms with E-state index in [1.807, 2.05) is 126 Å². The van der Waals surface area contributed by atoms with Crippen LogP contribution in [0.15, 0.2) is 245 Å². The Hall–Kier alpha value is -16.5. The molecule has 0 bridgehead atoms. The highest BCUT2D eigenvalue weighted by molar-refractivity contribution is 7.16. The van der Waals surface area contributed by atoms with Gasteiger partial charge >= 0.3 is 0 Å². The van der Waals surface area contributed by atoms with E-state index in [2.05, 4.69) is 258 Å². The number of H-pyrrole nitrogens is 8. The van der Waals surface area contributed by atoms with E-state index in [9.17, 15) is 9.59 Å². The molecule has 2 saturated heterocycles. The Morgan fingerprint density at radius 2 is 0.612 bits per heavy atom. The number of nitrogens with one attached hydrogen (secondary N) is 10. The number of carbonyl (C=O) groups excluding carboxylic acids is 2. The van der Waals surface area contributed by atoms with Crippen molar-refractivity contribution in [2.75, 3.05) is 36.8 Å². The Morgan fingerprint density at radius 3 is 0.912 bits per heavy atom. The van der Waals surface area contributed by atoms with Crippen molar-refractivity contribution in [2.45, 2.75) is 120 Å². The maximum absolute atomic E-state index is 12.4. The highest BCUT2D eigenvalue weighted by Crippen LogP contribution is 2.43. The number of aryl methyl sites for hydroxylation is 4. The van der Waals surface area contributed by atoms with Crippen molar-refractivity contribution >= 4 is 156 Å². The lowest BCUT2D eigenvalue weighted by atomic mass is 9.92. The van der Waals surface area contributed by atoms with Gasteiger partial charge in [0, 0.05) is 193 Å². The predicted molar refractivity (Wildman–Crippen MR) is 591 cm³/mol. The van der Waals surface area contributed by atoms with Gasteiger partial charge in [0.15, 0.2) is 23.3 Å². The Morgan fingerprint density at radius 1 is 0.320 bits per heavy atom. The fourth-order valence-electron chi connectivity index (χ4n) is 19.2. The van der Waals surface area contributed by atoms with Gasteiger partial charge in [-0.1, -0.05) is 58.4 Å². The molecule has 24 aromatic rings. The number of fused-ring (bicyclic) bond motifs is 8. The molecule has 147 heavy (non-hydrogen) atoms. The average molecular weight is 2010 g/mol. The molecule has 0 saturated carbocycles. The zero-order valence-electron chi connectivity index (χ0n) is 82.0. The van der Waals surface area contributed by atoms with Crippen molar-refractivity contribution in [3.8, 4) is 132 Å². The molecule has 30 nitrogen and oxygen atoms in total. The second-order valence-electron chi connectivity index (χ2n) is 38.6. The highest BCUT2D eigenvalue weighted by Gasteiger charge is 2.26. The number of amides is 2. The van der Waals surface area contributed by atoms with Crippen LogP contribution in [0.4, 0.5) is 11.4 Å². The number of piperidine rings is 1. The van der Waals surface area contributed by atoms with E-state index in [-0.39, 0.29) is 17.2 Å². The van der Waals surface area contributed by atoms with E-state index < -0.39 is 0 Å². The van der Waals surface area contributed by atoms with Crippen molar-refractivity contribution < 1.29 is 9.59 Å². The number of hydrogen-bond donors (Lipinski definition) is 10. The monoisotopic (exact) mass is 2010 g/mol. The van der Waals surface area contributed by atoms with Gasteiger partial charge in [0.1, 0.15) is 44.8 Å². The van der Waals surface area contributed by atoms with Gasteiger partial charge in [-0.25, -0.2) is 19.9 Å². The number of likely N-dealkylation sites (tertiary alicyclic amines) is 2. The van der Waals surface area contributed by atoms with Crippen LogP contribution in [0.2, 0.25) is 0 Å². The third-order valence-electron chi connectivity index (χ3n) is 26.3. The summed E-state index contributed by atoms with van der Waals surface area (Å²) in [6, 6.07) is 50.3. The van der Waals surface area contributed by atoms with Gasteiger partial charge in [-0.3, -0.25) is 79.7 Å². The zero-order chi connectivity index (χ0) is 99.9. The van der Waals surface area contributed by atoms with E-state index in [0.29, 0.717) is 35.9 Å². The third kappa shape index (κ3) is 20.2. The van der Waals surface area contributed by atoms with Gasteiger partial charge in [-0.2, -0.15) is 20.4 Å². The summed E-state index contributed by atoms with van der Waals surface area (Å²) in [5, 5.41) is 40.8. The summed E-state index contributed by atoms with van der Waals surface area (Å²) in [5.41, 5.74) is 30.0. The molecule has 0 spiro atoms. The summed E-state index contributed by atoms with van der Waals surface area (Å²) in [5.74, 6) is 2.78. The lowest BCUT2D eigenvalue weighted by Gasteiger charge is -2.26. The van der Waals surface area contributed by atoms with Crippen LogP contribution in [0, 0.1) is 33.1 Å². The van der Waals surface area contributed by atoms with Gasteiger partial charge in [0.2, 0.25) is 11.8 Å². The quantitative estimate of drug-likeness (QED) is 0.0319. The molecule has 10 N–H and O–H groups in total. The number of aromatic amines is 8. The lowest BCUT2D eigenvalue weighted by Crippen LogP contribution is -2.29. The minimum absolute atomic E-state index is 0.0134. The molecule has 22 heterocycles. The molecule has 0 radical (unpaired) electrons. The van der Waals surface area contributed by atoms with E-state index in [4.69, 9.17) is 19.9 Å². The van der Waals surface area contributed by atoms with Gasteiger partial charge < -0.3 is 30.6 Å². The SMILES string of the molecule is CCCC(=O)Nc1cncc(-c2ccc3[nH]nc(-c4nc5c(-c6ccc(C)s6)cncc5[nH]4)c3c2)c1.Cc1ccc(-c2cncc3[nH]c(-c4n[nH]c5ccc(-c6cncc(CN7CCCC7)c6)cc45)nc23)s1.Cc1ccc(-c2cncc3[nH]c(-c4n[nH]c5ccc(-c6cncc(CN7CCCCC7)c6)cc45)nc23)s1.Cc1ccc(-c2cncc3[nH]c(-c4n[nH]c5ccc(-c6cncc(NC(=O)CC(C)(C)C)c6)cc45)nc23)s1. The number of anilines is 2. The molecule has 26 rings (SSSR count). The lowest BCUT2D eigenvalue weighted by molar-refractivity contribution is -0.118. The summed E-state index contributed by atoms with van der Waals surface area (Å²) in [6.07, 6.45) is 37.7. The minimum atomic E-state index is -0.0892. The number of carbonyl (C=O) groups is 2. The standard InChI is InChI=1S/C29H27N7OS.C29H27N7S.C28H25N7S.C27H23N7OS/c1-16-5-8-24(38-16)21-14-31-15-23-26(21)34-28(33-23)27-20-10-17(6-7-22(20)35-36-27)18-9-19(13-30-12-18)32-25(37)11-29(2,3)4;1-18-5-8-26(37-18)23-15-31-16-25-27(23)33-29(32-25)28-22-12-20(6-7-24(22)34-35-28)21-11-19(13-30-14-21)17-36-9-3-2-4-10-36;1-17-4-7-25(36-17)22-14-30-15-24-26(22)32-28(31-24)27-21-11-19(5-6-23(21)33-34-27)20-10-18(12-29-13-20)16-35-8-2-3-9-35;1-3-4-24(35)30-18-9-17(11-28-12-18)16-6-7-21-19(10-16)26(34-33-21)27-31-22-14-29-13-20(25(22)32-27)23-8-5-15(2)36-23/h5-10,12-15H,11H2,1-4H3,(H,32,37)(H,33,34)(H,35,36);5-8,11-16H,2-4,9-10,17H2,1H3,(H,32,33)(H,34,35);4-7,10-15H,2-3,8-9,16H2,1H3,(H,31,32)(H,33,34);5-14H,3-4H2,1-2H3,(H,30,35)(H,31,32)(H,33,34). The maximum atomic E-state index is 12.4. The molecule has 2 aliphatic heterocycles. The average Bonchev–Trinajstić information content (AvgIpc) is 1.62. The second-order valence-corrected chi connectivity index (χ2v) is 43.8. The van der Waals surface area contributed by atoms with Gasteiger partial charge in [0.25, 0.3) is 0 Å². The largest absolute Gasteiger partial charge is 0.335 e. The van der Waals surface area contributed by atoms with Crippen LogP contribution in [0.1, 0.15) is 110 Å². The van der Waals surface area contributed by atoms with Crippen LogP contribution in [-0.4, -0.2) is 168 Å². The number of benzene rings is 4. The van der Waals surface area contributed by atoms with Crippen LogP contribution < -0.4 is 10.6 Å². The normalized spacial score (nSPS) is 13.1. The molecule has 20 aromatic heterocycles. The van der Waals surface area contributed by atoms with Crippen molar-refractivity contribution in [3.05, 3.63) is 275 Å². The molecule has 0 unspecified atom stereocenters. The van der Waals surface area contributed by atoms with Crippen molar-refractivity contribution in [1.82, 2.24) is 130 Å². The van der Waals surface area contributed by atoms with Crippen molar-refractivity contribution in [1.29, 1.82) is 0 Å². The maximum Gasteiger partial charge on any atom is 0.224 e. The summed E-state index contributed by atoms with van der Waals surface area (Å²) >= 11 is 6.95. The topological polar surface area (TPSA) is 397 Å². The number of thiophene rings is 4. The molecule has 0 aliphatic carbocycles. The van der Waals surface area contributed by atoms with Gasteiger partial charge in [-0.05, 0) is 246 Å². The first-order valence-corrected chi connectivity index (χ1v) is 52.4. The summed E-state index contributed by atoms with van der Waals surface area (Å²) in [6.45, 7) is 23.1. The fourth-order valence-corrected chi connectivity index (χ4v) is 22.7. The van der Waals surface area contributed by atoms with Crippen LogP contribution in [0.25, 0.3) is 220 Å². The van der Waals surface area contributed by atoms with Crippen molar-refractivity contribution in [3.63, 3.8) is 0 Å². The van der Waals surface area contributed by atoms with Crippen LogP contribution in [-0.2, 0) is 22.7 Å². The first kappa shape index (κ1) is 94.1. The molecular formula is C113H102N28O2S4. The molecule has 2 aliphatic rings. The van der Waals surface area contributed by atoms with E-state index in [1.165, 1.54) is 98.7 Å². The number of aromatic nitrogens is 24. The van der Waals surface area contributed by atoms with Crippen LogP contribution in [0.3, 0.4) is 0 Å². The minimum Gasteiger partial charge on any atom is -0.335 e. The Balaban J connectivity index is 0.000000108. The van der Waals surface area contributed by atoms with Crippen LogP contribution >= 0.6 is 45.3 Å². The van der Waals surface area contributed by atoms with E-state index >= 15 is 0 Å². The first-order valence-electron chi connectivity index (χ1n) is 49.1. The number of hydrogen-bond acceptors (Lipinski definition) is 24. The molecule has 2 fully saturated rings. The molecular weight excluding hydrogens is 1910 g/mol. The Bertz CT molecular complexity index is 9020. The number of nitrogens with zero attached hydrogens (tertiary/aromatic N) is 18. The fraction of sp³-hybridized carbons (Fsp3) is 0.204. The van der Waals surface area contributed by atoms with Crippen LogP contribution in [0.5, 0.6) is 0 Å². The third-order valence-corrected chi connectivity index (χ3v) is 30.5. The molecule has 34 heteroatoms. The number of rotatable bonds is 21. The predicted octanol–water partition coefficient (Wildman–Crippen LogP) is 26.1. The van der Waals surface area contributed by atoms with Gasteiger partial charge in [0.05, 0.1) is 92.7 Å². The number of imidazole rings is 4. The highest BCUT2D eigenvalue weighted by atomic mass is 32.1. The summed E-state index contributed by atoms with van der Waals surface area (Å²) in [4.78, 5) is 108. The Labute approximate surface area is 859 Å².